The van der Waals surface area contributed by atoms with Crippen molar-refractivity contribution in [3.63, 3.8) is 0 Å². The Morgan fingerprint density at radius 1 is 1.17 bits per heavy atom. The molecule has 0 saturated carbocycles. The largest absolute Gasteiger partial charge is 0.476 e. The summed E-state index contributed by atoms with van der Waals surface area (Å²) in [4.78, 5) is 11.5. The van der Waals surface area contributed by atoms with Crippen molar-refractivity contribution in [3.8, 4) is 16.9 Å². The lowest BCUT2D eigenvalue weighted by Crippen LogP contribution is -2.03. The first kappa shape index (κ1) is 17.3. The average Bonchev–Trinajstić information content (AvgIpc) is 2.86. The maximum absolute atomic E-state index is 11.5. The molecule has 1 aromatic heterocycles. The quantitative estimate of drug-likeness (QED) is 0.515. The van der Waals surface area contributed by atoms with Crippen molar-refractivity contribution in [1.29, 1.82) is 0 Å². The monoisotopic (exact) mass is 472 g/mol. The summed E-state index contributed by atoms with van der Waals surface area (Å²) >= 11 is 14.5. The highest BCUT2D eigenvalue weighted by Crippen LogP contribution is 2.32. The SMILES string of the molecule is Cc1c(C(=O)O)nn(-c2ccc(Cl)cc2Cl)c1-c1ccc(I)cc1. The van der Waals surface area contributed by atoms with Crippen molar-refractivity contribution >= 4 is 51.8 Å². The molecule has 122 valence electrons. The molecule has 0 radical (unpaired) electrons. The number of benzene rings is 2. The van der Waals surface area contributed by atoms with E-state index in [2.05, 4.69) is 27.7 Å². The minimum atomic E-state index is -1.08. The van der Waals surface area contributed by atoms with E-state index in [1.165, 1.54) is 0 Å². The van der Waals surface area contributed by atoms with Crippen LogP contribution in [0.2, 0.25) is 10.0 Å². The molecule has 3 rings (SSSR count). The van der Waals surface area contributed by atoms with Gasteiger partial charge < -0.3 is 5.11 Å². The Kier molecular flexibility index (Phi) is 4.85. The van der Waals surface area contributed by atoms with Gasteiger partial charge in [0.25, 0.3) is 0 Å². The zero-order chi connectivity index (χ0) is 17.4. The van der Waals surface area contributed by atoms with Gasteiger partial charge in [-0.3, -0.25) is 0 Å². The van der Waals surface area contributed by atoms with Crippen LogP contribution in [0.25, 0.3) is 16.9 Å². The molecule has 2 aromatic carbocycles. The van der Waals surface area contributed by atoms with Gasteiger partial charge in [0.05, 0.1) is 16.4 Å². The second-order valence-electron chi connectivity index (χ2n) is 5.14. The smallest absolute Gasteiger partial charge is 0.356 e. The molecule has 1 heterocycles. The van der Waals surface area contributed by atoms with Crippen LogP contribution < -0.4 is 0 Å². The minimum absolute atomic E-state index is 0.00503. The fourth-order valence-corrected chi connectivity index (χ4v) is 3.32. The van der Waals surface area contributed by atoms with Gasteiger partial charge in [-0.2, -0.15) is 5.10 Å². The number of hydrogen-bond donors (Lipinski definition) is 1. The summed E-state index contributed by atoms with van der Waals surface area (Å²) < 4.78 is 2.64. The van der Waals surface area contributed by atoms with E-state index in [1.807, 2.05) is 24.3 Å². The number of nitrogens with zero attached hydrogens (tertiary/aromatic N) is 2. The molecule has 0 amide bonds. The summed E-state index contributed by atoms with van der Waals surface area (Å²) in [7, 11) is 0. The molecule has 0 unspecified atom stereocenters. The van der Waals surface area contributed by atoms with E-state index in [0.717, 1.165) is 9.13 Å². The van der Waals surface area contributed by atoms with Crippen LogP contribution in [0, 0.1) is 10.5 Å². The lowest BCUT2D eigenvalue weighted by Gasteiger charge is -2.11. The van der Waals surface area contributed by atoms with E-state index in [1.54, 1.807) is 29.8 Å². The maximum Gasteiger partial charge on any atom is 0.356 e. The highest BCUT2D eigenvalue weighted by molar-refractivity contribution is 14.1. The highest BCUT2D eigenvalue weighted by Gasteiger charge is 2.22. The van der Waals surface area contributed by atoms with Gasteiger partial charge in [-0.25, -0.2) is 9.48 Å². The molecule has 4 nitrogen and oxygen atoms in total. The van der Waals surface area contributed by atoms with Gasteiger partial charge in [0.15, 0.2) is 5.69 Å². The van der Waals surface area contributed by atoms with Crippen LogP contribution >= 0.6 is 45.8 Å². The van der Waals surface area contributed by atoms with Crippen LogP contribution in [0.5, 0.6) is 0 Å². The molecule has 0 aliphatic heterocycles. The molecule has 0 fully saturated rings. The van der Waals surface area contributed by atoms with Gasteiger partial charge in [-0.1, -0.05) is 35.3 Å². The summed E-state index contributed by atoms with van der Waals surface area (Å²) in [6.45, 7) is 1.74. The Morgan fingerprint density at radius 3 is 2.42 bits per heavy atom. The van der Waals surface area contributed by atoms with E-state index in [0.29, 0.717) is 27.0 Å². The van der Waals surface area contributed by atoms with Gasteiger partial charge in [0.2, 0.25) is 0 Å². The number of hydrogen-bond acceptors (Lipinski definition) is 2. The fraction of sp³-hybridized carbons (Fsp3) is 0.0588. The molecule has 24 heavy (non-hydrogen) atoms. The van der Waals surface area contributed by atoms with E-state index >= 15 is 0 Å². The second-order valence-corrected chi connectivity index (χ2v) is 7.23. The molecule has 7 heteroatoms. The number of aromatic nitrogens is 2. The third kappa shape index (κ3) is 3.16. The lowest BCUT2D eigenvalue weighted by molar-refractivity contribution is 0.0689. The van der Waals surface area contributed by atoms with Gasteiger partial charge >= 0.3 is 5.97 Å². The third-order valence-electron chi connectivity index (χ3n) is 3.58. The van der Waals surface area contributed by atoms with Gasteiger partial charge in [0, 0.05) is 19.7 Å². The number of aromatic carboxylic acids is 1. The molecular formula is C17H11Cl2IN2O2. The standard InChI is InChI=1S/C17H11Cl2IN2O2/c1-9-15(17(23)24)21-22(14-7-4-11(18)8-13(14)19)16(9)10-2-5-12(20)6-3-10/h2-8H,1H3,(H,23,24). The zero-order valence-electron chi connectivity index (χ0n) is 12.4. The van der Waals surface area contributed by atoms with E-state index in [4.69, 9.17) is 23.2 Å². The van der Waals surface area contributed by atoms with Crippen molar-refractivity contribution < 1.29 is 9.90 Å². The molecule has 0 spiro atoms. The number of carboxylic acids is 1. The topological polar surface area (TPSA) is 55.1 Å². The molecule has 0 aliphatic carbocycles. The molecule has 0 saturated heterocycles. The van der Waals surface area contributed by atoms with Crippen LogP contribution in [-0.4, -0.2) is 20.9 Å². The summed E-state index contributed by atoms with van der Waals surface area (Å²) in [6.07, 6.45) is 0. The molecule has 0 bridgehead atoms. The van der Waals surface area contributed by atoms with Crippen LogP contribution in [0.3, 0.4) is 0 Å². The molecule has 1 N–H and O–H groups in total. The van der Waals surface area contributed by atoms with Crippen LogP contribution in [0.1, 0.15) is 16.1 Å². The Hall–Kier alpha value is -1.57. The minimum Gasteiger partial charge on any atom is -0.476 e. The van der Waals surface area contributed by atoms with Crippen LogP contribution in [-0.2, 0) is 0 Å². The Balaban J connectivity index is 2.30. The number of carboxylic acid groups (broad SMARTS) is 1. The molecule has 0 aliphatic rings. The van der Waals surface area contributed by atoms with Gasteiger partial charge in [0.1, 0.15) is 0 Å². The van der Waals surface area contributed by atoms with Gasteiger partial charge in [-0.05, 0) is 59.8 Å². The lowest BCUT2D eigenvalue weighted by atomic mass is 10.1. The average molecular weight is 473 g/mol. The van der Waals surface area contributed by atoms with Crippen LogP contribution in [0.4, 0.5) is 0 Å². The van der Waals surface area contributed by atoms with E-state index in [9.17, 15) is 9.90 Å². The number of rotatable bonds is 3. The Labute approximate surface area is 162 Å². The number of halogens is 3. The van der Waals surface area contributed by atoms with Crippen LogP contribution in [0.15, 0.2) is 42.5 Å². The summed E-state index contributed by atoms with van der Waals surface area (Å²) in [5.41, 5.74) is 2.70. The first-order valence-electron chi connectivity index (χ1n) is 6.92. The predicted molar refractivity (Wildman–Crippen MR) is 103 cm³/mol. The van der Waals surface area contributed by atoms with Crippen molar-refractivity contribution in [2.75, 3.05) is 0 Å². The summed E-state index contributed by atoms with van der Waals surface area (Å²) in [5, 5.41) is 14.6. The summed E-state index contributed by atoms with van der Waals surface area (Å²) in [5.74, 6) is -1.08. The van der Waals surface area contributed by atoms with Crippen molar-refractivity contribution in [2.24, 2.45) is 0 Å². The van der Waals surface area contributed by atoms with E-state index in [-0.39, 0.29) is 5.69 Å². The van der Waals surface area contributed by atoms with E-state index < -0.39 is 5.97 Å². The van der Waals surface area contributed by atoms with Crippen molar-refractivity contribution in [3.05, 3.63) is 67.3 Å². The first-order valence-corrected chi connectivity index (χ1v) is 8.76. The van der Waals surface area contributed by atoms with Crippen molar-refractivity contribution in [2.45, 2.75) is 6.92 Å². The predicted octanol–water partition coefficient (Wildman–Crippen LogP) is 5.46. The maximum atomic E-state index is 11.5. The third-order valence-corrected chi connectivity index (χ3v) is 4.84. The summed E-state index contributed by atoms with van der Waals surface area (Å²) in [6, 6.07) is 12.8. The van der Waals surface area contributed by atoms with Gasteiger partial charge in [-0.15, -0.1) is 0 Å². The Morgan fingerprint density at radius 2 is 1.83 bits per heavy atom. The fourth-order valence-electron chi connectivity index (χ4n) is 2.47. The molecule has 3 aromatic rings. The second kappa shape index (κ2) is 6.74. The normalized spacial score (nSPS) is 10.8. The molecule has 0 atom stereocenters. The first-order chi connectivity index (χ1) is 11.4. The molecular weight excluding hydrogens is 462 g/mol. The number of carbonyl (C=O) groups is 1. The van der Waals surface area contributed by atoms with Crippen molar-refractivity contribution in [1.82, 2.24) is 9.78 Å². The Bertz CT molecular complexity index is 937. The highest BCUT2D eigenvalue weighted by atomic mass is 127. The zero-order valence-corrected chi connectivity index (χ0v) is 16.1.